The zero-order chi connectivity index (χ0) is 19.7. The number of carbonyl (C=O) groups excluding carboxylic acids is 1. The van der Waals surface area contributed by atoms with Crippen LogP contribution in [0.4, 0.5) is 0 Å². The SMILES string of the molecule is CC.COC1=C[C@H]2C(=O)[C@]3(C=C(C)[C@H](O)[C@@]3(O)[C@@H]1O)CC[C@@H]1[C@H]2C1(C)C. The van der Waals surface area contributed by atoms with E-state index >= 15 is 0 Å². The van der Waals surface area contributed by atoms with E-state index in [-0.39, 0.29) is 22.9 Å². The Morgan fingerprint density at radius 3 is 2.38 bits per heavy atom. The highest BCUT2D eigenvalue weighted by atomic mass is 16.5. The van der Waals surface area contributed by atoms with Crippen molar-refractivity contribution in [2.24, 2.45) is 28.6 Å². The topological polar surface area (TPSA) is 87.0 Å². The maximum absolute atomic E-state index is 13.6. The van der Waals surface area contributed by atoms with E-state index in [0.29, 0.717) is 17.9 Å². The van der Waals surface area contributed by atoms with Crippen molar-refractivity contribution in [3.05, 3.63) is 23.5 Å². The number of allylic oxidation sites excluding steroid dienone is 1. The molecule has 4 rings (SSSR count). The van der Waals surface area contributed by atoms with Gasteiger partial charge >= 0.3 is 0 Å². The van der Waals surface area contributed by atoms with Gasteiger partial charge < -0.3 is 20.1 Å². The lowest BCUT2D eigenvalue weighted by Gasteiger charge is -2.44. The van der Waals surface area contributed by atoms with Crippen LogP contribution in [0.15, 0.2) is 23.5 Å². The molecular weight excluding hydrogens is 332 g/mol. The Morgan fingerprint density at radius 2 is 1.81 bits per heavy atom. The molecule has 0 saturated heterocycles. The van der Waals surface area contributed by atoms with Crippen molar-refractivity contribution in [3.63, 3.8) is 0 Å². The van der Waals surface area contributed by atoms with Crippen LogP contribution in [0.25, 0.3) is 0 Å². The van der Waals surface area contributed by atoms with E-state index in [0.717, 1.165) is 6.42 Å². The van der Waals surface area contributed by atoms with E-state index < -0.39 is 29.1 Å². The predicted octanol–water partition coefficient (Wildman–Crippen LogP) is 2.21. The third-order valence-corrected chi connectivity index (χ3v) is 7.42. The van der Waals surface area contributed by atoms with Gasteiger partial charge in [0.05, 0.1) is 12.5 Å². The summed E-state index contributed by atoms with van der Waals surface area (Å²) in [7, 11) is 1.43. The van der Waals surface area contributed by atoms with Gasteiger partial charge in [0.15, 0.2) is 5.78 Å². The third kappa shape index (κ3) is 2.05. The summed E-state index contributed by atoms with van der Waals surface area (Å²) < 4.78 is 5.33. The lowest BCUT2D eigenvalue weighted by atomic mass is 9.64. The average molecular weight is 364 g/mol. The molecule has 2 fully saturated rings. The molecule has 1 spiro atoms. The molecule has 5 nitrogen and oxygen atoms in total. The number of aliphatic hydroxyl groups is 3. The van der Waals surface area contributed by atoms with Crippen LogP contribution in [-0.4, -0.2) is 46.0 Å². The second-order valence-electron chi connectivity index (χ2n) is 8.65. The van der Waals surface area contributed by atoms with Crippen LogP contribution in [-0.2, 0) is 9.53 Å². The molecule has 0 aliphatic heterocycles. The molecule has 3 N–H and O–H groups in total. The smallest absolute Gasteiger partial charge is 0.153 e. The van der Waals surface area contributed by atoms with Crippen LogP contribution in [0, 0.1) is 28.6 Å². The number of methoxy groups -OCH3 is 1. The molecule has 0 aromatic heterocycles. The Kier molecular flexibility index (Phi) is 4.45. The van der Waals surface area contributed by atoms with Crippen molar-refractivity contribution in [1.82, 2.24) is 0 Å². The van der Waals surface area contributed by atoms with Gasteiger partial charge in [0, 0.05) is 5.92 Å². The summed E-state index contributed by atoms with van der Waals surface area (Å²) in [5.41, 5.74) is -2.61. The van der Waals surface area contributed by atoms with Crippen molar-refractivity contribution in [2.45, 2.75) is 65.3 Å². The van der Waals surface area contributed by atoms with Gasteiger partial charge in [-0.25, -0.2) is 0 Å². The fraction of sp³-hybridized carbons (Fsp3) is 0.762. The normalized spacial score (nSPS) is 47.9. The van der Waals surface area contributed by atoms with Crippen LogP contribution in [0.5, 0.6) is 0 Å². The molecule has 4 aliphatic carbocycles. The maximum atomic E-state index is 13.6. The van der Waals surface area contributed by atoms with Crippen LogP contribution in [0.3, 0.4) is 0 Å². The molecule has 0 aromatic rings. The number of hydrogen-bond acceptors (Lipinski definition) is 5. The summed E-state index contributed by atoms with van der Waals surface area (Å²) >= 11 is 0. The van der Waals surface area contributed by atoms with Gasteiger partial charge in [0.2, 0.25) is 0 Å². The number of rotatable bonds is 1. The van der Waals surface area contributed by atoms with Crippen LogP contribution >= 0.6 is 0 Å². The van der Waals surface area contributed by atoms with Gasteiger partial charge in [0.1, 0.15) is 23.6 Å². The summed E-state index contributed by atoms with van der Waals surface area (Å²) in [5, 5.41) is 32.9. The summed E-state index contributed by atoms with van der Waals surface area (Å²) in [5.74, 6) is 0.287. The van der Waals surface area contributed by atoms with Crippen molar-refractivity contribution in [2.75, 3.05) is 7.11 Å². The summed E-state index contributed by atoms with van der Waals surface area (Å²) in [6, 6.07) is 0. The second kappa shape index (κ2) is 5.91. The first-order chi connectivity index (χ1) is 12.1. The minimum Gasteiger partial charge on any atom is -0.499 e. The minimum atomic E-state index is -1.97. The second-order valence-corrected chi connectivity index (χ2v) is 8.65. The Hall–Kier alpha value is -1.17. The van der Waals surface area contributed by atoms with Crippen LogP contribution in [0.2, 0.25) is 0 Å². The lowest BCUT2D eigenvalue weighted by molar-refractivity contribution is -0.185. The van der Waals surface area contributed by atoms with Gasteiger partial charge in [-0.05, 0) is 48.7 Å². The molecule has 2 saturated carbocycles. The lowest BCUT2D eigenvalue weighted by Crippen LogP contribution is -2.62. The van der Waals surface area contributed by atoms with Crippen LogP contribution in [0.1, 0.15) is 47.5 Å². The Bertz CT molecular complexity index is 678. The largest absolute Gasteiger partial charge is 0.499 e. The highest BCUT2D eigenvalue weighted by Gasteiger charge is 2.74. The number of ether oxygens (including phenoxy) is 1. The van der Waals surface area contributed by atoms with Crippen molar-refractivity contribution in [1.29, 1.82) is 0 Å². The van der Waals surface area contributed by atoms with Gasteiger partial charge in [-0.3, -0.25) is 4.79 Å². The van der Waals surface area contributed by atoms with Gasteiger partial charge in [-0.15, -0.1) is 0 Å². The third-order valence-electron chi connectivity index (χ3n) is 7.42. The zero-order valence-electron chi connectivity index (χ0n) is 16.6. The van der Waals surface area contributed by atoms with E-state index in [1.54, 1.807) is 19.1 Å². The first kappa shape index (κ1) is 19.6. The fourth-order valence-corrected chi connectivity index (χ4v) is 5.97. The first-order valence-electron chi connectivity index (χ1n) is 9.71. The molecular formula is C21H32O5. The van der Waals surface area contributed by atoms with E-state index in [4.69, 9.17) is 4.74 Å². The van der Waals surface area contributed by atoms with Crippen molar-refractivity contribution < 1.29 is 24.9 Å². The maximum Gasteiger partial charge on any atom is 0.153 e. The molecule has 7 atom stereocenters. The van der Waals surface area contributed by atoms with Crippen molar-refractivity contribution >= 4 is 5.78 Å². The van der Waals surface area contributed by atoms with Gasteiger partial charge in [-0.1, -0.05) is 33.8 Å². The van der Waals surface area contributed by atoms with Crippen molar-refractivity contribution in [3.8, 4) is 0 Å². The van der Waals surface area contributed by atoms with E-state index in [2.05, 4.69) is 13.8 Å². The van der Waals surface area contributed by atoms with E-state index in [1.165, 1.54) is 7.11 Å². The summed E-state index contributed by atoms with van der Waals surface area (Å²) in [6.45, 7) is 10.0. The first-order valence-corrected chi connectivity index (χ1v) is 9.71. The molecule has 0 unspecified atom stereocenters. The summed E-state index contributed by atoms with van der Waals surface area (Å²) in [6.07, 6.45) is 1.94. The predicted molar refractivity (Wildman–Crippen MR) is 98.1 cm³/mol. The standard InChI is InChI=1S/C19H26O5.C2H6/c1-9-8-18-6-5-11-13(17(11,2)3)10(15(18)21)7-12(24-4)16(22)19(18,23)14(9)20;1-2/h7-8,10-11,13-14,16,20,22-23H,5-6H2,1-4H3;1-2H3/t10-,11-,13+,14+,16-,18-,19-;/m1./s1. The number of Topliss-reactive ketones (excluding diaryl/α,β-unsaturated/α-hetero) is 1. The molecule has 2 bridgehead atoms. The monoisotopic (exact) mass is 364 g/mol. The Labute approximate surface area is 155 Å². The average Bonchev–Trinajstić information content (AvgIpc) is 3.16. The number of ketones is 1. The Morgan fingerprint density at radius 1 is 1.19 bits per heavy atom. The molecule has 4 aliphatic rings. The number of fused-ring (bicyclic) bond motifs is 3. The molecule has 26 heavy (non-hydrogen) atoms. The molecule has 5 heteroatoms. The number of aliphatic hydroxyl groups excluding tert-OH is 2. The molecule has 0 heterocycles. The van der Waals surface area contributed by atoms with Crippen LogP contribution < -0.4 is 0 Å². The van der Waals surface area contributed by atoms with E-state index in [9.17, 15) is 20.1 Å². The fourth-order valence-electron chi connectivity index (χ4n) is 5.97. The van der Waals surface area contributed by atoms with Gasteiger partial charge in [-0.2, -0.15) is 0 Å². The summed E-state index contributed by atoms with van der Waals surface area (Å²) in [4.78, 5) is 13.6. The van der Waals surface area contributed by atoms with Gasteiger partial charge in [0.25, 0.3) is 0 Å². The highest BCUT2D eigenvalue weighted by Crippen LogP contribution is 2.70. The highest BCUT2D eigenvalue weighted by molar-refractivity contribution is 5.94. The van der Waals surface area contributed by atoms with E-state index in [1.807, 2.05) is 13.8 Å². The molecule has 0 amide bonds. The quantitative estimate of drug-likeness (QED) is 0.621. The minimum absolute atomic E-state index is 0.0701. The zero-order valence-corrected chi connectivity index (χ0v) is 16.6. The molecule has 0 radical (unpaired) electrons. The Balaban J connectivity index is 0.000000948. The molecule has 146 valence electrons. The molecule has 0 aromatic carbocycles. The number of hydrogen-bond donors (Lipinski definition) is 3. The number of carbonyl (C=O) groups is 1.